The van der Waals surface area contributed by atoms with E-state index in [9.17, 15) is 75.0 Å². The molecule has 4 N–H and O–H groups in total. The summed E-state index contributed by atoms with van der Waals surface area (Å²) in [5.41, 5.74) is 12.3. The van der Waals surface area contributed by atoms with Crippen molar-refractivity contribution in [1.82, 2.24) is 34.3 Å². The highest BCUT2D eigenvalue weighted by Gasteiger charge is 2.47. The van der Waals surface area contributed by atoms with Gasteiger partial charge in [0.25, 0.3) is 21.8 Å². The molecule has 3 atom stereocenters. The van der Waals surface area contributed by atoms with E-state index in [0.29, 0.717) is 125 Å². The zero-order valence-corrected chi connectivity index (χ0v) is 89.6. The lowest BCUT2D eigenvalue weighted by molar-refractivity contribution is -0.123. The molecule has 12 aromatic rings. The van der Waals surface area contributed by atoms with Crippen LogP contribution in [0.15, 0.2) is 252 Å². The molecule has 21 rings (SSSR count). The second-order valence-electron chi connectivity index (χ2n) is 38.1. The molecule has 0 radical (unpaired) electrons. The van der Waals surface area contributed by atoms with E-state index in [1.807, 2.05) is 92.1 Å². The van der Waals surface area contributed by atoms with Crippen molar-refractivity contribution in [3.8, 4) is 5.75 Å². The van der Waals surface area contributed by atoms with Crippen LogP contribution in [-0.4, -0.2) is 209 Å². The summed E-state index contributed by atoms with van der Waals surface area (Å²) in [7, 11) is -5.22. The van der Waals surface area contributed by atoms with Gasteiger partial charge in [-0.3, -0.25) is 75.8 Å². The van der Waals surface area contributed by atoms with Gasteiger partial charge in [0.15, 0.2) is 17.0 Å². The number of Topliss-reactive ketones (excluding diaryl/α,β-unsaturated/α-hetero) is 3. The van der Waals surface area contributed by atoms with E-state index in [2.05, 4.69) is 101 Å². The number of nitrogens with one attached hydrogen (secondary N) is 4. The van der Waals surface area contributed by atoms with Gasteiger partial charge >= 0.3 is 5.97 Å². The number of para-hydroxylation sites is 4. The smallest absolute Gasteiger partial charge is 0.341 e. The SMILES string of the molecule is CCC(=O)NC1=C(N2CCOCC2)C(=O)c2ccccc2C1=O.CCOC(=O)c1c2c(n3cc(C)ccc13)C(=O)c1ccccc1C2=O.CCOc1ccccc1NC(=O)CC1C(=O)Nc2ccccc2N1S(=O)(=O)c1ccc(C)cc1.CS(=O)c1sc(Br)c2c1C(=O)CC(C)(C)C2.Cc1ccc2[nH]c3c(c(=O)c2c1)CN(C1CCCCC1)C3=O.O=C1CC(N2CCN(C/C=C/c3ccccc3)CC2)C(=O)N1c1ccc(Br)cc1. The van der Waals surface area contributed by atoms with Crippen molar-refractivity contribution in [1.29, 1.82) is 0 Å². The number of carbonyl (C=O) groups excluding carboxylic acids is 12. The molecule has 5 aliphatic heterocycles. The Labute approximate surface area is 886 Å². The zero-order chi connectivity index (χ0) is 106. The number of allylic oxidation sites excluding steroid dienone is 2. The topological polar surface area (TPSA) is 377 Å². The van der Waals surface area contributed by atoms with Crippen molar-refractivity contribution in [3.05, 3.63) is 332 Å². The minimum absolute atomic E-state index is 0.00137. The zero-order valence-electron chi connectivity index (χ0n) is 84.0. The first kappa shape index (κ1) is 108. The normalized spacial score (nSPS) is 17.6. The maximum absolute atomic E-state index is 13.7. The van der Waals surface area contributed by atoms with E-state index in [1.165, 1.54) is 53.2 Å². The average Bonchev–Trinajstić information content (AvgIpc) is 1.57. The van der Waals surface area contributed by atoms with E-state index in [0.717, 1.165) is 102 Å². The fourth-order valence-corrected chi connectivity index (χ4v) is 24.9. The van der Waals surface area contributed by atoms with Crippen LogP contribution in [0.5, 0.6) is 5.75 Å². The molecule has 4 fully saturated rings. The van der Waals surface area contributed by atoms with Crippen molar-refractivity contribution in [2.45, 2.75) is 153 Å². The van der Waals surface area contributed by atoms with Crippen LogP contribution in [0.1, 0.15) is 210 Å². The molecule has 4 aliphatic carbocycles. The van der Waals surface area contributed by atoms with Gasteiger partial charge in [0.1, 0.15) is 38.8 Å². The van der Waals surface area contributed by atoms with Crippen LogP contribution in [-0.2, 0) is 67.2 Å². The second-order valence-corrected chi connectivity index (χ2v) is 44.8. The first-order chi connectivity index (χ1) is 71.6. The van der Waals surface area contributed by atoms with Crippen molar-refractivity contribution < 1.29 is 84.4 Å². The van der Waals surface area contributed by atoms with Crippen LogP contribution >= 0.6 is 43.2 Å². The van der Waals surface area contributed by atoms with E-state index < -0.39 is 44.6 Å². The van der Waals surface area contributed by atoms with Gasteiger partial charge in [0.2, 0.25) is 41.0 Å². The monoisotopic (exact) mass is 2200 g/mol. The second kappa shape index (κ2) is 47.3. The number of fused-ring (bicyclic) bond motifs is 9. The number of halogens is 2. The summed E-state index contributed by atoms with van der Waals surface area (Å²) in [5.74, 6) is -2.70. The molecule has 9 heterocycles. The fraction of sp³-hybridized carbons (Fsp3) is 0.307. The molecule has 3 saturated heterocycles. The number of esters is 1. The van der Waals surface area contributed by atoms with Gasteiger partial charge in [0, 0.05) is 126 Å². The standard InChI is InChI=1S/C25H25N3O5S.C23H24BrN3O2.C20H15NO4.C18H20N2O2.C17H18N2O4.C11H13BrO2S2/c1-3-33-23-11-7-5-9-20(23)26-24(29)16-22-25(30)27-19-8-4-6-10-21(19)28(22)34(31,32)18-14-12-17(2)13-15-18;24-19-8-10-20(11-9-19)27-22(28)17-21(23(27)29)26-15-13-25(14-16-26)12-4-7-18-5-2-1-3-6-18;1-3-25-20(24)15-14-9-8-11(2)10-21(14)17-16(15)18(22)12-6-4-5-7-13(12)19(17)23;1-11-7-8-15-13(9-11)17(21)14-10-20(18(22)16(14)19-15)12-5-3-2-4-6-12;1-2-13(20)18-14-15(19-7-9-23-10-8-19)17(22)12-6-4-3-5-11(12)16(14)21;1-11(2)4-6-8(7(13)5-11)10(16(3)14)15-9(6)12/h4-15,22H,3,16H2,1-2H3,(H,26,29)(H,27,30);1-11,21H,12-17H2;4-10H,3H2,1-2H3;7-9,12H,2-6,10H2,1H3,(H,19,21);3-6H,2,7-10H2,1H3,(H,18,20);4-5H2,1-3H3/b;7-4+;;;;. The Kier molecular flexibility index (Phi) is 34.2. The number of thiophene rings is 1. The van der Waals surface area contributed by atoms with Crippen LogP contribution in [0.3, 0.4) is 0 Å². The van der Waals surface area contributed by atoms with Gasteiger partial charge in [0.05, 0.1) is 111 Å². The third-order valence-electron chi connectivity index (χ3n) is 27.2. The Hall–Kier alpha value is -13.9. The molecule has 35 heteroatoms. The number of ketones is 5. The Morgan fingerprint density at radius 2 is 1.28 bits per heavy atom. The number of aryl methyl sites for hydroxylation is 3. The van der Waals surface area contributed by atoms with E-state index in [1.54, 1.807) is 158 Å². The van der Waals surface area contributed by atoms with Crippen molar-refractivity contribution in [2.75, 3.05) is 98.3 Å². The lowest BCUT2D eigenvalue weighted by Crippen LogP contribution is -2.52. The molecule has 3 unspecified atom stereocenters. The number of carbonyl (C=O) groups is 12. The molecular weight excluding hydrogens is 2080 g/mol. The fourth-order valence-electron chi connectivity index (χ4n) is 19.8. The van der Waals surface area contributed by atoms with Crippen LogP contribution in [0.25, 0.3) is 22.5 Å². The number of aromatic amines is 1. The van der Waals surface area contributed by atoms with E-state index in [4.69, 9.17) is 14.2 Å². The minimum atomic E-state index is -4.14. The molecule has 4 aromatic heterocycles. The van der Waals surface area contributed by atoms with Crippen LogP contribution in [0.2, 0.25) is 0 Å². The van der Waals surface area contributed by atoms with E-state index in [-0.39, 0.29) is 128 Å². The van der Waals surface area contributed by atoms with E-state index >= 15 is 0 Å². The number of nitrogens with zero attached hydrogens (tertiary/aromatic N) is 7. The largest absolute Gasteiger partial charge is 0.492 e. The minimum Gasteiger partial charge on any atom is -0.492 e. The van der Waals surface area contributed by atoms with Crippen molar-refractivity contribution in [3.63, 3.8) is 0 Å². The summed E-state index contributed by atoms with van der Waals surface area (Å²) in [6.07, 6.45) is 15.0. The molecule has 6 amide bonds. The average molecular weight is 2200 g/mol. The maximum atomic E-state index is 13.7. The summed E-state index contributed by atoms with van der Waals surface area (Å²) < 4.78 is 60.3. The summed E-state index contributed by atoms with van der Waals surface area (Å²) in [6, 6.07) is 58.9. The third kappa shape index (κ3) is 23.7. The molecule has 9 aliphatic rings. The Morgan fingerprint density at radius 1 is 0.644 bits per heavy atom. The highest BCUT2D eigenvalue weighted by molar-refractivity contribution is 9.11. The number of H-pyrrole nitrogens is 1. The lowest BCUT2D eigenvalue weighted by atomic mass is 9.75. The summed E-state index contributed by atoms with van der Waals surface area (Å²) >= 11 is 8.31. The number of sulfonamides is 1. The molecule has 30 nitrogen and oxygen atoms in total. The molecule has 8 aromatic carbocycles. The number of pyridine rings is 2. The number of anilines is 4. The number of hydrogen-bond donors (Lipinski definition) is 4. The lowest BCUT2D eigenvalue weighted by Gasteiger charge is -2.36. The molecule has 149 heavy (non-hydrogen) atoms. The van der Waals surface area contributed by atoms with Gasteiger partial charge in [-0.15, -0.1) is 11.3 Å². The summed E-state index contributed by atoms with van der Waals surface area (Å²) in [5, 5.41) is 8.78. The molecule has 772 valence electrons. The molecule has 0 bridgehead atoms. The number of amides is 6. The maximum Gasteiger partial charge on any atom is 0.341 e. The Bertz CT molecular complexity index is 7550. The number of piperazine rings is 1. The first-order valence-electron chi connectivity index (χ1n) is 49.6. The Balaban J connectivity index is 0.000000129. The van der Waals surface area contributed by atoms with Gasteiger partial charge in [-0.05, 0) is 171 Å². The Morgan fingerprint density at radius 3 is 1.95 bits per heavy atom. The summed E-state index contributed by atoms with van der Waals surface area (Å²) in [6.45, 7) is 22.5. The number of ether oxygens (including phenoxy) is 3. The predicted octanol–water partition coefficient (Wildman–Crippen LogP) is 18.2. The first-order valence-corrected chi connectivity index (χ1v) is 55.0. The van der Waals surface area contributed by atoms with Gasteiger partial charge in [-0.25, -0.2) is 18.1 Å². The highest BCUT2D eigenvalue weighted by Crippen LogP contribution is 2.46. The quantitative estimate of drug-likeness (QED) is 0.0431. The summed E-state index contributed by atoms with van der Waals surface area (Å²) in [4.78, 5) is 178. The van der Waals surface area contributed by atoms with Crippen LogP contribution < -0.4 is 35.3 Å². The van der Waals surface area contributed by atoms with Gasteiger partial charge in [-0.2, -0.15) is 0 Å². The van der Waals surface area contributed by atoms with Crippen LogP contribution in [0, 0.1) is 26.2 Å². The number of imide groups is 1. The van der Waals surface area contributed by atoms with Gasteiger partial charge < -0.3 is 49.3 Å². The van der Waals surface area contributed by atoms with Crippen molar-refractivity contribution >= 4 is 180 Å². The van der Waals surface area contributed by atoms with Crippen molar-refractivity contribution in [2.24, 2.45) is 5.41 Å². The number of hydrogen-bond acceptors (Lipinski definition) is 23. The van der Waals surface area contributed by atoms with Crippen LogP contribution in [0.4, 0.5) is 22.7 Å². The number of morpholine rings is 1. The predicted molar refractivity (Wildman–Crippen MR) is 580 cm³/mol. The molecule has 1 saturated carbocycles. The molecular formula is C114H115Br2N11O19S3. The number of benzene rings is 8. The number of rotatable bonds is 19. The molecule has 0 spiro atoms. The van der Waals surface area contributed by atoms with Gasteiger partial charge in [-0.1, -0.05) is 207 Å². The number of aromatic nitrogens is 2. The highest BCUT2D eigenvalue weighted by atomic mass is 79.9. The third-order valence-corrected chi connectivity index (χ3v) is 33.0.